The minimum absolute atomic E-state index is 0.569. The average molecular weight is 132 g/mol. The van der Waals surface area contributed by atoms with Crippen LogP contribution in [0.4, 0.5) is 0 Å². The van der Waals surface area contributed by atoms with E-state index in [0.29, 0.717) is 11.0 Å². The summed E-state index contributed by atoms with van der Waals surface area (Å²) < 4.78 is 0. The molecule has 0 heterocycles. The van der Waals surface area contributed by atoms with Crippen LogP contribution in [0.2, 0.25) is 0 Å². The van der Waals surface area contributed by atoms with Crippen molar-refractivity contribution < 1.29 is 0 Å². The van der Waals surface area contributed by atoms with Crippen molar-refractivity contribution in [2.45, 2.75) is 20.3 Å². The fourth-order valence-corrected chi connectivity index (χ4v) is 0.642. The van der Waals surface area contributed by atoms with Crippen molar-refractivity contribution in [3.63, 3.8) is 0 Å². The van der Waals surface area contributed by atoms with Gasteiger partial charge in [-0.1, -0.05) is 38.4 Å². The highest BCUT2D eigenvalue weighted by Crippen LogP contribution is 2.13. The van der Waals surface area contributed by atoms with Crippen LogP contribution in [-0.4, -0.2) is 0 Å². The molecule has 0 bridgehead atoms. The lowest BCUT2D eigenvalue weighted by Gasteiger charge is -2.03. The fourth-order valence-electron chi connectivity index (χ4n) is 0.427. The molecule has 8 heavy (non-hydrogen) atoms. The summed E-state index contributed by atoms with van der Waals surface area (Å²) in [5.41, 5.74) is 0. The predicted molar refractivity (Wildman–Crippen MR) is 38.7 cm³/mol. The molecule has 1 atom stereocenters. The topological polar surface area (TPSA) is 0 Å². The van der Waals surface area contributed by atoms with Crippen molar-refractivity contribution in [1.82, 2.24) is 0 Å². The number of halogens is 1. The fraction of sp³-hybridized carbons (Fsp3) is 0.571. The van der Waals surface area contributed by atoms with Crippen molar-refractivity contribution in [1.29, 1.82) is 0 Å². The maximum absolute atomic E-state index is 5.50. The van der Waals surface area contributed by atoms with E-state index in [1.807, 2.05) is 6.42 Å². The first-order valence-corrected chi connectivity index (χ1v) is 3.24. The van der Waals surface area contributed by atoms with Crippen LogP contribution in [0.1, 0.15) is 20.3 Å². The smallest absolute Gasteiger partial charge is 0.0149 e. The van der Waals surface area contributed by atoms with Crippen LogP contribution in [0.5, 0.6) is 0 Å². The third-order valence-electron chi connectivity index (χ3n) is 1.11. The Morgan fingerprint density at radius 1 is 1.88 bits per heavy atom. The Morgan fingerprint density at radius 2 is 2.38 bits per heavy atom. The molecule has 0 rings (SSSR count). The molecule has 1 unspecified atom stereocenters. The summed E-state index contributed by atoms with van der Waals surface area (Å²) in [4.78, 5) is 0. The number of hydrogen-bond acceptors (Lipinski definition) is 0. The average Bonchev–Trinajstić information content (AvgIpc) is 1.65. The third-order valence-corrected chi connectivity index (χ3v) is 1.24. The van der Waals surface area contributed by atoms with Gasteiger partial charge in [0.1, 0.15) is 0 Å². The maximum atomic E-state index is 5.50. The first kappa shape index (κ1) is 8.03. The van der Waals surface area contributed by atoms with E-state index < -0.39 is 0 Å². The molecule has 0 fully saturated rings. The molecule has 0 aliphatic rings. The zero-order valence-electron chi connectivity index (χ0n) is 5.45. The van der Waals surface area contributed by atoms with E-state index in [4.69, 9.17) is 11.6 Å². The quantitative estimate of drug-likeness (QED) is 0.553. The van der Waals surface area contributed by atoms with Gasteiger partial charge in [-0.25, -0.2) is 0 Å². The normalized spacial score (nSPS) is 13.4. The highest BCUT2D eigenvalue weighted by Gasteiger charge is 1.98. The van der Waals surface area contributed by atoms with E-state index in [1.54, 1.807) is 0 Å². The van der Waals surface area contributed by atoms with Crippen molar-refractivity contribution in [2.75, 3.05) is 0 Å². The lowest BCUT2D eigenvalue weighted by atomic mass is 10.1. The zero-order valence-corrected chi connectivity index (χ0v) is 6.20. The van der Waals surface area contributed by atoms with E-state index in [0.717, 1.165) is 6.42 Å². The predicted octanol–water partition coefficient (Wildman–Crippen LogP) is 2.99. The molecule has 0 spiro atoms. The molecule has 0 amide bonds. The Hall–Kier alpha value is 0.0300. The maximum Gasteiger partial charge on any atom is 0.0149 e. The molecule has 0 saturated carbocycles. The van der Waals surface area contributed by atoms with Gasteiger partial charge in [0.2, 0.25) is 0 Å². The number of hydrogen-bond donors (Lipinski definition) is 0. The van der Waals surface area contributed by atoms with E-state index in [1.165, 1.54) is 0 Å². The molecule has 47 valence electrons. The van der Waals surface area contributed by atoms with Crippen molar-refractivity contribution in [2.24, 2.45) is 5.92 Å². The van der Waals surface area contributed by atoms with Gasteiger partial charge in [-0.15, -0.1) is 0 Å². The summed E-state index contributed by atoms with van der Waals surface area (Å²) in [5, 5.41) is 0.652. The number of rotatable bonds is 3. The van der Waals surface area contributed by atoms with Gasteiger partial charge in [0, 0.05) is 11.5 Å². The largest absolute Gasteiger partial charge is 0.0895 e. The Bertz CT molecular complexity index is 76.5. The first-order chi connectivity index (χ1) is 3.66. The van der Waals surface area contributed by atoms with Gasteiger partial charge in [-0.2, -0.15) is 0 Å². The molecule has 0 nitrogen and oxygen atoms in total. The molecule has 0 aromatic rings. The van der Waals surface area contributed by atoms with Crippen molar-refractivity contribution in [3.8, 4) is 0 Å². The van der Waals surface area contributed by atoms with Crippen LogP contribution in [-0.2, 0) is 0 Å². The molecular weight excluding hydrogens is 120 g/mol. The van der Waals surface area contributed by atoms with Gasteiger partial charge in [0.15, 0.2) is 0 Å². The lowest BCUT2D eigenvalue weighted by Crippen LogP contribution is -1.90. The second-order valence-corrected chi connectivity index (χ2v) is 2.48. The lowest BCUT2D eigenvalue weighted by molar-refractivity contribution is 0.662. The minimum Gasteiger partial charge on any atom is -0.0895 e. The Kier molecular flexibility index (Phi) is 3.98. The van der Waals surface area contributed by atoms with Gasteiger partial charge >= 0.3 is 0 Å². The summed E-state index contributed by atoms with van der Waals surface area (Å²) in [7, 11) is 0. The van der Waals surface area contributed by atoms with Crippen molar-refractivity contribution >= 4 is 11.6 Å². The van der Waals surface area contributed by atoms with Crippen LogP contribution in [0.25, 0.3) is 0 Å². The molecule has 0 aromatic heterocycles. The summed E-state index contributed by atoms with van der Waals surface area (Å²) >= 11 is 5.50. The van der Waals surface area contributed by atoms with Crippen LogP contribution in [0, 0.1) is 12.3 Å². The van der Waals surface area contributed by atoms with Gasteiger partial charge in [-0.3, -0.25) is 0 Å². The van der Waals surface area contributed by atoms with Gasteiger partial charge in [0.25, 0.3) is 0 Å². The molecule has 1 heteroatoms. The first-order valence-electron chi connectivity index (χ1n) is 2.86. The van der Waals surface area contributed by atoms with Crippen molar-refractivity contribution in [3.05, 3.63) is 18.0 Å². The van der Waals surface area contributed by atoms with Crippen LogP contribution < -0.4 is 0 Å². The monoisotopic (exact) mass is 131 g/mol. The summed E-state index contributed by atoms with van der Waals surface area (Å²) in [5.74, 6) is 0.569. The van der Waals surface area contributed by atoms with Gasteiger partial charge in [0.05, 0.1) is 0 Å². The minimum atomic E-state index is 0.569. The molecule has 0 aliphatic carbocycles. The SMILES string of the molecule is C=C(Cl)[CH]C(C)CC. The second-order valence-electron chi connectivity index (χ2n) is 2.00. The van der Waals surface area contributed by atoms with E-state index in [-0.39, 0.29) is 0 Å². The third kappa shape index (κ3) is 4.20. The molecular formula is C7H12Cl. The Balaban J connectivity index is 3.24. The highest BCUT2D eigenvalue weighted by atomic mass is 35.5. The molecule has 0 saturated heterocycles. The molecule has 0 aliphatic heterocycles. The highest BCUT2D eigenvalue weighted by molar-refractivity contribution is 6.30. The van der Waals surface area contributed by atoms with E-state index >= 15 is 0 Å². The summed E-state index contributed by atoms with van der Waals surface area (Å²) in [6.45, 7) is 7.80. The van der Waals surface area contributed by atoms with Crippen LogP contribution >= 0.6 is 11.6 Å². The Labute approximate surface area is 56.5 Å². The Morgan fingerprint density at radius 3 is 2.50 bits per heavy atom. The van der Waals surface area contributed by atoms with Crippen LogP contribution in [0.3, 0.4) is 0 Å². The standard InChI is InChI=1S/C7H12Cl/c1-4-6(2)5-7(3)8/h5-6H,3-4H2,1-2H3. The number of allylic oxidation sites excluding steroid dienone is 1. The molecule has 0 aromatic carbocycles. The second kappa shape index (κ2) is 3.96. The summed E-state index contributed by atoms with van der Waals surface area (Å²) in [6, 6.07) is 0. The van der Waals surface area contributed by atoms with Crippen LogP contribution in [0.15, 0.2) is 11.6 Å². The van der Waals surface area contributed by atoms with E-state index in [2.05, 4.69) is 20.4 Å². The molecule has 0 N–H and O–H groups in total. The summed E-state index contributed by atoms with van der Waals surface area (Å²) in [6.07, 6.45) is 3.09. The van der Waals surface area contributed by atoms with Gasteiger partial charge in [-0.05, 0) is 5.92 Å². The zero-order chi connectivity index (χ0) is 6.57. The molecule has 1 radical (unpaired) electrons. The van der Waals surface area contributed by atoms with E-state index in [9.17, 15) is 0 Å². The van der Waals surface area contributed by atoms with Gasteiger partial charge < -0.3 is 0 Å².